The Morgan fingerprint density at radius 2 is 2.17 bits per heavy atom. The molecule has 2 rings (SSSR count). The number of nitrogens with zero attached hydrogens (tertiary/aromatic N) is 2. The molecule has 1 N–H and O–H groups in total. The molecule has 0 unspecified atom stereocenters. The van der Waals surface area contributed by atoms with Gasteiger partial charge in [0.1, 0.15) is 0 Å². The molecule has 0 atom stereocenters. The predicted octanol–water partition coefficient (Wildman–Crippen LogP) is 1.32. The van der Waals surface area contributed by atoms with E-state index in [0.29, 0.717) is 13.1 Å². The Morgan fingerprint density at radius 3 is 2.78 bits per heavy atom. The third-order valence-corrected chi connectivity index (χ3v) is 5.44. The Labute approximate surface area is 109 Å². The number of rotatable bonds is 4. The smallest absolute Gasteiger partial charge is 0.214 e. The molecule has 102 valence electrons. The third kappa shape index (κ3) is 2.59. The van der Waals surface area contributed by atoms with Crippen LogP contribution in [0, 0.1) is 5.92 Å². The first-order valence-corrected chi connectivity index (χ1v) is 8.07. The molecule has 1 aromatic heterocycles. The summed E-state index contributed by atoms with van der Waals surface area (Å²) in [5, 5.41) is 7.27. The quantitative estimate of drug-likeness (QED) is 0.898. The van der Waals surface area contributed by atoms with E-state index < -0.39 is 10.0 Å². The molecule has 0 amide bonds. The molecule has 5 nitrogen and oxygen atoms in total. The van der Waals surface area contributed by atoms with Crippen molar-refractivity contribution in [1.29, 1.82) is 0 Å². The summed E-state index contributed by atoms with van der Waals surface area (Å²) in [5.74, 6) is 0.383. The number of sulfonamides is 1. The summed E-state index contributed by atoms with van der Waals surface area (Å²) in [7, 11) is -3.14. The Balaban J connectivity index is 2.21. The van der Waals surface area contributed by atoms with Crippen LogP contribution in [0.1, 0.15) is 37.7 Å². The first-order chi connectivity index (χ1) is 8.44. The van der Waals surface area contributed by atoms with Crippen LogP contribution in [0.15, 0.2) is 0 Å². The second-order valence-corrected chi connectivity index (χ2v) is 7.25. The lowest BCUT2D eigenvalue weighted by atomic mass is 10.1. The van der Waals surface area contributed by atoms with Crippen LogP contribution in [0.5, 0.6) is 0 Å². The van der Waals surface area contributed by atoms with Crippen molar-refractivity contribution >= 4 is 10.0 Å². The molecule has 0 saturated heterocycles. The second kappa shape index (κ2) is 5.01. The molecule has 6 heteroatoms. The van der Waals surface area contributed by atoms with E-state index in [4.69, 9.17) is 0 Å². The lowest BCUT2D eigenvalue weighted by molar-refractivity contribution is 0.385. The topological polar surface area (TPSA) is 66.1 Å². The highest BCUT2D eigenvalue weighted by atomic mass is 32.2. The Hall–Kier alpha value is -0.880. The lowest BCUT2D eigenvalue weighted by Gasteiger charge is -2.27. The van der Waals surface area contributed by atoms with E-state index in [9.17, 15) is 8.42 Å². The molecule has 0 bridgehead atoms. The summed E-state index contributed by atoms with van der Waals surface area (Å²) in [6, 6.07) is 0. The van der Waals surface area contributed by atoms with Crippen LogP contribution in [-0.2, 0) is 29.4 Å². The molecule has 0 aliphatic carbocycles. The van der Waals surface area contributed by atoms with Gasteiger partial charge in [-0.2, -0.15) is 9.40 Å². The van der Waals surface area contributed by atoms with Crippen LogP contribution >= 0.6 is 0 Å². The number of hydrogen-bond acceptors (Lipinski definition) is 3. The number of H-pyrrole nitrogens is 1. The second-order valence-electron chi connectivity index (χ2n) is 5.24. The molecular weight excluding hydrogens is 250 g/mol. The summed E-state index contributed by atoms with van der Waals surface area (Å²) in [6.45, 7) is 6.94. The maximum absolute atomic E-state index is 12.2. The van der Waals surface area contributed by atoms with Gasteiger partial charge in [0.15, 0.2) is 0 Å². The average Bonchev–Trinajstić information content (AvgIpc) is 2.69. The minimum atomic E-state index is -3.14. The zero-order valence-electron chi connectivity index (χ0n) is 11.2. The number of fused-ring (bicyclic) bond motifs is 1. The van der Waals surface area contributed by atoms with Gasteiger partial charge in [-0.15, -0.1) is 0 Å². The molecule has 0 aromatic carbocycles. The number of hydrogen-bond donors (Lipinski definition) is 1. The van der Waals surface area contributed by atoms with E-state index in [2.05, 4.69) is 10.2 Å². The summed E-state index contributed by atoms with van der Waals surface area (Å²) in [4.78, 5) is 0. The van der Waals surface area contributed by atoms with E-state index in [0.717, 1.165) is 29.8 Å². The largest absolute Gasteiger partial charge is 0.282 e. The molecule has 0 fully saturated rings. The first kappa shape index (κ1) is 13.5. The molecule has 1 aromatic rings. The Kier molecular flexibility index (Phi) is 3.77. The number of aromatic amines is 1. The van der Waals surface area contributed by atoms with E-state index in [1.54, 1.807) is 4.31 Å². The van der Waals surface area contributed by atoms with E-state index in [1.807, 2.05) is 20.8 Å². The fourth-order valence-corrected chi connectivity index (χ4v) is 4.13. The van der Waals surface area contributed by atoms with Gasteiger partial charge in [-0.3, -0.25) is 5.10 Å². The average molecular weight is 271 g/mol. The van der Waals surface area contributed by atoms with Crippen LogP contribution in [0.3, 0.4) is 0 Å². The third-order valence-electron chi connectivity index (χ3n) is 3.26. The maximum atomic E-state index is 12.2. The highest BCUT2D eigenvalue weighted by molar-refractivity contribution is 7.89. The van der Waals surface area contributed by atoms with Crippen molar-refractivity contribution in [2.75, 3.05) is 12.3 Å². The summed E-state index contributed by atoms with van der Waals surface area (Å²) in [5.41, 5.74) is 3.17. The maximum Gasteiger partial charge on any atom is 0.214 e. The van der Waals surface area contributed by atoms with Gasteiger partial charge >= 0.3 is 0 Å². The van der Waals surface area contributed by atoms with Gasteiger partial charge in [0.25, 0.3) is 0 Å². The van der Waals surface area contributed by atoms with Crippen LogP contribution in [0.2, 0.25) is 0 Å². The van der Waals surface area contributed by atoms with E-state index >= 15 is 0 Å². The number of aromatic nitrogens is 2. The van der Waals surface area contributed by atoms with Crippen molar-refractivity contribution in [3.63, 3.8) is 0 Å². The number of aryl methyl sites for hydroxylation is 1. The SMILES string of the molecule is CCc1n[nH]c2c1CN(S(=O)(=O)CC(C)C)CC2. The number of nitrogens with one attached hydrogen (secondary N) is 1. The van der Waals surface area contributed by atoms with Crippen LogP contribution in [-0.4, -0.2) is 35.2 Å². The van der Waals surface area contributed by atoms with Crippen molar-refractivity contribution in [2.24, 2.45) is 5.92 Å². The molecule has 1 aliphatic rings. The van der Waals surface area contributed by atoms with Crippen molar-refractivity contribution in [3.05, 3.63) is 17.0 Å². The first-order valence-electron chi connectivity index (χ1n) is 6.46. The minimum absolute atomic E-state index is 0.159. The molecule has 0 radical (unpaired) electrons. The molecule has 0 spiro atoms. The molecule has 0 saturated carbocycles. The predicted molar refractivity (Wildman–Crippen MR) is 70.7 cm³/mol. The van der Waals surface area contributed by atoms with Gasteiger partial charge in [0.2, 0.25) is 10.0 Å². The summed E-state index contributed by atoms with van der Waals surface area (Å²) < 4.78 is 26.0. The van der Waals surface area contributed by atoms with Gasteiger partial charge < -0.3 is 0 Å². The van der Waals surface area contributed by atoms with Crippen molar-refractivity contribution in [2.45, 2.75) is 40.2 Å². The Bertz CT molecular complexity index is 506. The van der Waals surface area contributed by atoms with Gasteiger partial charge in [0, 0.05) is 30.8 Å². The fourth-order valence-electron chi connectivity index (χ4n) is 2.39. The lowest BCUT2D eigenvalue weighted by Crippen LogP contribution is -2.38. The van der Waals surface area contributed by atoms with Crippen LogP contribution < -0.4 is 0 Å². The zero-order valence-corrected chi connectivity index (χ0v) is 12.0. The Morgan fingerprint density at radius 1 is 1.44 bits per heavy atom. The van der Waals surface area contributed by atoms with Crippen molar-refractivity contribution in [1.82, 2.24) is 14.5 Å². The van der Waals surface area contributed by atoms with Crippen LogP contribution in [0.25, 0.3) is 0 Å². The molecule has 1 aliphatic heterocycles. The highest BCUT2D eigenvalue weighted by Crippen LogP contribution is 2.23. The molecule has 18 heavy (non-hydrogen) atoms. The minimum Gasteiger partial charge on any atom is -0.282 e. The van der Waals surface area contributed by atoms with E-state index in [1.165, 1.54) is 0 Å². The van der Waals surface area contributed by atoms with Crippen LogP contribution in [0.4, 0.5) is 0 Å². The summed E-state index contributed by atoms with van der Waals surface area (Å²) >= 11 is 0. The van der Waals surface area contributed by atoms with E-state index in [-0.39, 0.29) is 11.7 Å². The monoisotopic (exact) mass is 271 g/mol. The molecular formula is C12H21N3O2S. The summed E-state index contributed by atoms with van der Waals surface area (Å²) in [6.07, 6.45) is 1.57. The van der Waals surface area contributed by atoms with Gasteiger partial charge in [-0.05, 0) is 12.3 Å². The van der Waals surface area contributed by atoms with Gasteiger partial charge in [-0.25, -0.2) is 8.42 Å². The zero-order chi connectivity index (χ0) is 13.3. The normalized spacial score (nSPS) is 17.1. The fraction of sp³-hybridized carbons (Fsp3) is 0.750. The van der Waals surface area contributed by atoms with Crippen molar-refractivity contribution in [3.8, 4) is 0 Å². The standard InChI is InChI=1S/C12H21N3O2S/c1-4-11-10-7-15(6-5-12(10)14-13-11)18(16,17)8-9(2)3/h9H,4-8H2,1-3H3,(H,13,14). The van der Waals surface area contributed by atoms with Gasteiger partial charge in [-0.1, -0.05) is 20.8 Å². The molecule has 2 heterocycles. The van der Waals surface area contributed by atoms with Gasteiger partial charge in [0.05, 0.1) is 11.4 Å². The van der Waals surface area contributed by atoms with Crippen molar-refractivity contribution < 1.29 is 8.42 Å². The highest BCUT2D eigenvalue weighted by Gasteiger charge is 2.29.